The van der Waals surface area contributed by atoms with Gasteiger partial charge in [-0.25, -0.2) is 0 Å². The van der Waals surface area contributed by atoms with Crippen molar-refractivity contribution in [3.63, 3.8) is 0 Å². The number of hydrogen-bond donors (Lipinski definition) is 2. The zero-order valence-corrected chi connectivity index (χ0v) is 17.0. The standard InChI is InChI=1S/C24H24N2O4/c1-17-6-3-10-21(12-17)29-15-23(27)25-19-8-5-9-20(14-19)26-24(28)16-30-22-11-4-7-18(2)13-22/h3-14H,15-16H2,1-2H3,(H,25,27)(H,26,28). The summed E-state index contributed by atoms with van der Waals surface area (Å²) in [5.41, 5.74) is 3.24. The third-order valence-electron chi connectivity index (χ3n) is 4.15. The molecule has 0 heterocycles. The lowest BCUT2D eigenvalue weighted by molar-refractivity contribution is -0.118. The molecule has 0 saturated heterocycles. The molecule has 6 heteroatoms. The number of ether oxygens (including phenoxy) is 2. The molecule has 6 nitrogen and oxygen atoms in total. The Hall–Kier alpha value is -3.80. The lowest BCUT2D eigenvalue weighted by Crippen LogP contribution is -2.21. The zero-order chi connectivity index (χ0) is 21.3. The predicted molar refractivity (Wildman–Crippen MR) is 117 cm³/mol. The molecular formula is C24H24N2O4. The highest BCUT2D eigenvalue weighted by atomic mass is 16.5. The SMILES string of the molecule is Cc1cccc(OCC(=O)Nc2cccc(NC(=O)COc3cccc(C)c3)c2)c1. The van der Waals surface area contributed by atoms with Crippen molar-refractivity contribution in [1.29, 1.82) is 0 Å². The van der Waals surface area contributed by atoms with E-state index in [4.69, 9.17) is 9.47 Å². The Labute approximate surface area is 175 Å². The van der Waals surface area contributed by atoms with Crippen LogP contribution in [0, 0.1) is 13.8 Å². The molecular weight excluding hydrogens is 380 g/mol. The first-order valence-corrected chi connectivity index (χ1v) is 9.57. The van der Waals surface area contributed by atoms with Gasteiger partial charge in [0.05, 0.1) is 0 Å². The van der Waals surface area contributed by atoms with Gasteiger partial charge in [-0.2, -0.15) is 0 Å². The number of benzene rings is 3. The molecule has 0 aliphatic rings. The number of hydrogen-bond acceptors (Lipinski definition) is 4. The van der Waals surface area contributed by atoms with E-state index in [0.29, 0.717) is 22.9 Å². The minimum absolute atomic E-state index is 0.107. The Morgan fingerprint density at radius 2 is 1.10 bits per heavy atom. The molecule has 0 spiro atoms. The van der Waals surface area contributed by atoms with Gasteiger partial charge in [0, 0.05) is 11.4 Å². The molecule has 0 aromatic heterocycles. The molecule has 0 fully saturated rings. The minimum atomic E-state index is -0.289. The first kappa shape index (κ1) is 20.9. The van der Waals surface area contributed by atoms with E-state index in [0.717, 1.165) is 11.1 Å². The molecule has 0 radical (unpaired) electrons. The largest absolute Gasteiger partial charge is 0.484 e. The molecule has 3 aromatic rings. The van der Waals surface area contributed by atoms with Crippen molar-refractivity contribution in [2.75, 3.05) is 23.8 Å². The third kappa shape index (κ3) is 6.67. The Bertz CT molecular complexity index is 954. The van der Waals surface area contributed by atoms with E-state index >= 15 is 0 Å². The summed E-state index contributed by atoms with van der Waals surface area (Å²) in [5.74, 6) is 0.699. The molecule has 0 unspecified atom stereocenters. The van der Waals surface area contributed by atoms with Crippen molar-refractivity contribution in [1.82, 2.24) is 0 Å². The monoisotopic (exact) mass is 404 g/mol. The van der Waals surface area contributed by atoms with Crippen molar-refractivity contribution in [2.24, 2.45) is 0 Å². The van der Waals surface area contributed by atoms with E-state index in [9.17, 15) is 9.59 Å². The molecule has 2 N–H and O–H groups in total. The number of nitrogens with one attached hydrogen (secondary N) is 2. The van der Waals surface area contributed by atoms with Gasteiger partial charge in [-0.15, -0.1) is 0 Å². The molecule has 0 aliphatic carbocycles. The third-order valence-corrected chi connectivity index (χ3v) is 4.15. The zero-order valence-electron chi connectivity index (χ0n) is 17.0. The molecule has 0 atom stereocenters. The summed E-state index contributed by atoms with van der Waals surface area (Å²) in [4.78, 5) is 24.3. The van der Waals surface area contributed by atoms with Gasteiger partial charge < -0.3 is 20.1 Å². The van der Waals surface area contributed by atoms with Crippen molar-refractivity contribution in [3.8, 4) is 11.5 Å². The lowest BCUT2D eigenvalue weighted by atomic mass is 10.2. The van der Waals surface area contributed by atoms with Gasteiger partial charge in [-0.05, 0) is 67.4 Å². The van der Waals surface area contributed by atoms with E-state index in [-0.39, 0.29) is 25.0 Å². The van der Waals surface area contributed by atoms with Crippen LogP contribution in [0.1, 0.15) is 11.1 Å². The quantitative estimate of drug-likeness (QED) is 0.586. The van der Waals surface area contributed by atoms with Crippen molar-refractivity contribution >= 4 is 23.2 Å². The summed E-state index contributed by atoms with van der Waals surface area (Å²) in [6.07, 6.45) is 0. The average Bonchev–Trinajstić information content (AvgIpc) is 2.71. The highest BCUT2D eigenvalue weighted by Gasteiger charge is 2.07. The highest BCUT2D eigenvalue weighted by molar-refractivity contribution is 5.95. The summed E-state index contributed by atoms with van der Waals surface area (Å²) in [7, 11) is 0. The number of rotatable bonds is 8. The fourth-order valence-corrected chi connectivity index (χ4v) is 2.78. The van der Waals surface area contributed by atoms with Crippen LogP contribution in [0.25, 0.3) is 0 Å². The second-order valence-corrected chi connectivity index (χ2v) is 6.89. The molecule has 0 aliphatic heterocycles. The lowest BCUT2D eigenvalue weighted by Gasteiger charge is -2.11. The average molecular weight is 404 g/mol. The van der Waals surface area contributed by atoms with Crippen molar-refractivity contribution < 1.29 is 19.1 Å². The van der Waals surface area contributed by atoms with Gasteiger partial charge in [0.1, 0.15) is 11.5 Å². The van der Waals surface area contributed by atoms with E-state index in [1.54, 1.807) is 36.4 Å². The van der Waals surface area contributed by atoms with Crippen molar-refractivity contribution in [3.05, 3.63) is 83.9 Å². The normalized spacial score (nSPS) is 10.2. The highest BCUT2D eigenvalue weighted by Crippen LogP contribution is 2.17. The maximum atomic E-state index is 12.1. The molecule has 0 bridgehead atoms. The van der Waals surface area contributed by atoms with Crippen LogP contribution < -0.4 is 20.1 Å². The molecule has 30 heavy (non-hydrogen) atoms. The van der Waals surface area contributed by atoms with Gasteiger partial charge in [-0.3, -0.25) is 9.59 Å². The van der Waals surface area contributed by atoms with Gasteiger partial charge in [-0.1, -0.05) is 30.3 Å². The van der Waals surface area contributed by atoms with Crippen molar-refractivity contribution in [2.45, 2.75) is 13.8 Å². The summed E-state index contributed by atoms with van der Waals surface area (Å²) >= 11 is 0. The van der Waals surface area contributed by atoms with Gasteiger partial charge in [0.15, 0.2) is 13.2 Å². The summed E-state index contributed by atoms with van der Waals surface area (Å²) in [6.45, 7) is 3.70. The van der Waals surface area contributed by atoms with Crippen LogP contribution in [0.5, 0.6) is 11.5 Å². The first-order valence-electron chi connectivity index (χ1n) is 9.57. The number of carbonyl (C=O) groups excluding carboxylic acids is 2. The van der Waals surface area contributed by atoms with Crippen LogP contribution in [0.4, 0.5) is 11.4 Å². The summed E-state index contributed by atoms with van der Waals surface area (Å²) in [5, 5.41) is 5.52. The van der Waals surface area contributed by atoms with Crippen LogP contribution in [-0.4, -0.2) is 25.0 Å². The predicted octanol–water partition coefficient (Wildman–Crippen LogP) is 4.34. The van der Waals surface area contributed by atoms with Gasteiger partial charge in [0.2, 0.25) is 0 Å². The number of amides is 2. The molecule has 3 aromatic carbocycles. The van der Waals surface area contributed by atoms with Crippen LogP contribution in [0.2, 0.25) is 0 Å². The summed E-state index contributed by atoms with van der Waals surface area (Å²) in [6, 6.07) is 21.9. The fourth-order valence-electron chi connectivity index (χ4n) is 2.78. The second-order valence-electron chi connectivity index (χ2n) is 6.89. The van der Waals surface area contributed by atoms with E-state index < -0.39 is 0 Å². The van der Waals surface area contributed by atoms with Gasteiger partial charge in [0.25, 0.3) is 11.8 Å². The van der Waals surface area contributed by atoms with E-state index in [2.05, 4.69) is 10.6 Å². The molecule has 154 valence electrons. The van der Waals surface area contributed by atoms with Crippen LogP contribution >= 0.6 is 0 Å². The fraction of sp³-hybridized carbons (Fsp3) is 0.167. The second kappa shape index (κ2) is 10.1. The topological polar surface area (TPSA) is 76.7 Å². The van der Waals surface area contributed by atoms with Gasteiger partial charge >= 0.3 is 0 Å². The van der Waals surface area contributed by atoms with E-state index in [1.165, 1.54) is 0 Å². The smallest absolute Gasteiger partial charge is 0.262 e. The molecule has 0 saturated carbocycles. The first-order chi connectivity index (χ1) is 14.5. The molecule has 2 amide bonds. The number of aryl methyl sites for hydroxylation is 2. The molecule has 3 rings (SSSR count). The Balaban J connectivity index is 1.48. The maximum Gasteiger partial charge on any atom is 0.262 e. The maximum absolute atomic E-state index is 12.1. The Kier molecular flexibility index (Phi) is 7.05. The Morgan fingerprint density at radius 1 is 0.667 bits per heavy atom. The van der Waals surface area contributed by atoms with Crippen LogP contribution in [-0.2, 0) is 9.59 Å². The Morgan fingerprint density at radius 3 is 1.53 bits per heavy atom. The summed E-state index contributed by atoms with van der Waals surface area (Å²) < 4.78 is 11.0. The minimum Gasteiger partial charge on any atom is -0.484 e. The number of anilines is 2. The van der Waals surface area contributed by atoms with Crippen LogP contribution in [0.15, 0.2) is 72.8 Å². The van der Waals surface area contributed by atoms with Crippen LogP contribution in [0.3, 0.4) is 0 Å². The number of carbonyl (C=O) groups is 2. The van der Waals surface area contributed by atoms with E-state index in [1.807, 2.05) is 50.2 Å².